The zero-order valence-electron chi connectivity index (χ0n) is 17.1. The third-order valence-corrected chi connectivity index (χ3v) is 4.67. The Bertz CT molecular complexity index is 1040. The third-order valence-electron chi connectivity index (χ3n) is 4.67. The molecule has 1 saturated heterocycles. The van der Waals surface area contributed by atoms with Crippen LogP contribution in [0.1, 0.15) is 19.1 Å². The number of likely N-dealkylation sites (N-methyl/N-ethyl adjacent to an activating group) is 1. The third kappa shape index (κ3) is 6.89. The SMILES string of the molecule is CN(CCCCON)C[C@H]1O[C@@H](n2c(=O)[nH]c3c(N)ncnc32)[C@H](O)[C@@H]1O.O=S(=O)(O)O. The maximum absolute atomic E-state index is 12.3. The molecular formula is C15H27N7O9S. The van der Waals surface area contributed by atoms with Crippen LogP contribution in [0.4, 0.5) is 5.82 Å². The lowest BCUT2D eigenvalue weighted by molar-refractivity contribution is -0.0438. The number of ether oxygens (including phenoxy) is 1. The number of unbranched alkanes of at least 4 members (excludes halogenated alkanes) is 1. The fraction of sp³-hybridized carbons (Fsp3) is 0.667. The van der Waals surface area contributed by atoms with Gasteiger partial charge in [0.15, 0.2) is 17.7 Å². The van der Waals surface area contributed by atoms with Gasteiger partial charge >= 0.3 is 16.1 Å². The molecule has 1 fully saturated rings. The quantitative estimate of drug-likeness (QED) is 0.115. The Kier molecular flexibility index (Phi) is 9.01. The largest absolute Gasteiger partial charge is 0.394 e. The highest BCUT2D eigenvalue weighted by Crippen LogP contribution is 2.31. The predicted molar refractivity (Wildman–Crippen MR) is 110 cm³/mol. The Morgan fingerprint density at radius 3 is 2.56 bits per heavy atom. The molecule has 2 aromatic rings. The van der Waals surface area contributed by atoms with E-state index in [0.717, 1.165) is 24.0 Å². The van der Waals surface area contributed by atoms with Crippen molar-refractivity contribution < 1.29 is 37.3 Å². The standard InChI is InChI=1S/C15H25N7O5.H2O4S/c1-21(4-2-3-5-26-17)6-8-10(23)11(24)14(27-8)22-13-9(20-15(22)25)12(16)18-7-19-13;1-5(2,3)4/h7-8,10-11,14,23-24H,2-6,17H2,1H3,(H,20,25)(H2,16,18,19);(H2,1,2,3,4)/t8-,10-,11-,14-;/m1./s1. The molecule has 1 aliphatic heterocycles. The van der Waals surface area contributed by atoms with Gasteiger partial charge in [0.05, 0.1) is 6.61 Å². The molecule has 17 heteroatoms. The van der Waals surface area contributed by atoms with Crippen molar-refractivity contribution in [3.05, 3.63) is 16.8 Å². The highest BCUT2D eigenvalue weighted by Gasteiger charge is 2.45. The van der Waals surface area contributed by atoms with Crippen molar-refractivity contribution in [2.75, 3.05) is 32.5 Å². The molecule has 0 radical (unpaired) electrons. The smallest absolute Gasteiger partial charge is 0.387 e. The second-order valence-corrected chi connectivity index (χ2v) is 7.99. The normalized spacial score (nSPS) is 23.5. The van der Waals surface area contributed by atoms with Crippen LogP contribution in [0.15, 0.2) is 11.1 Å². The Morgan fingerprint density at radius 2 is 1.94 bits per heavy atom. The van der Waals surface area contributed by atoms with Crippen LogP contribution >= 0.6 is 0 Å². The lowest BCUT2D eigenvalue weighted by Crippen LogP contribution is -2.39. The summed E-state index contributed by atoms with van der Waals surface area (Å²) in [5.74, 6) is 5.10. The van der Waals surface area contributed by atoms with Crippen molar-refractivity contribution >= 4 is 27.4 Å². The second kappa shape index (κ2) is 11.1. The first-order chi connectivity index (χ1) is 14.9. The Balaban J connectivity index is 0.000000654. The first-order valence-corrected chi connectivity index (χ1v) is 10.8. The second-order valence-electron chi connectivity index (χ2n) is 7.09. The van der Waals surface area contributed by atoms with Gasteiger partial charge in [-0.25, -0.2) is 25.2 Å². The molecule has 0 amide bonds. The summed E-state index contributed by atoms with van der Waals surface area (Å²) in [7, 11) is -2.79. The number of fused-ring (bicyclic) bond motifs is 1. The van der Waals surface area contributed by atoms with E-state index in [2.05, 4.69) is 19.8 Å². The zero-order valence-corrected chi connectivity index (χ0v) is 17.9. The molecule has 2 aromatic heterocycles. The summed E-state index contributed by atoms with van der Waals surface area (Å²) in [6, 6.07) is 0. The highest BCUT2D eigenvalue weighted by molar-refractivity contribution is 7.79. The van der Waals surface area contributed by atoms with Crippen LogP contribution in [-0.2, 0) is 20.0 Å². The van der Waals surface area contributed by atoms with Crippen molar-refractivity contribution in [2.24, 2.45) is 5.90 Å². The molecule has 9 N–H and O–H groups in total. The summed E-state index contributed by atoms with van der Waals surface area (Å²) in [5, 5.41) is 20.8. The van der Waals surface area contributed by atoms with E-state index in [1.807, 2.05) is 11.9 Å². The van der Waals surface area contributed by atoms with Crippen LogP contribution in [0.25, 0.3) is 11.2 Å². The number of aromatic nitrogens is 4. The van der Waals surface area contributed by atoms with Crippen LogP contribution < -0.4 is 17.3 Å². The van der Waals surface area contributed by atoms with Crippen LogP contribution in [0.3, 0.4) is 0 Å². The Hall–Kier alpha value is -2.22. The summed E-state index contributed by atoms with van der Waals surface area (Å²) in [6.45, 7) is 1.60. The van der Waals surface area contributed by atoms with Crippen molar-refractivity contribution in [3.63, 3.8) is 0 Å². The van der Waals surface area contributed by atoms with Crippen LogP contribution in [0.5, 0.6) is 0 Å². The summed E-state index contributed by atoms with van der Waals surface area (Å²) in [4.78, 5) is 29.3. The molecule has 16 nitrogen and oxygen atoms in total. The number of rotatable bonds is 8. The fourth-order valence-corrected chi connectivity index (χ4v) is 3.25. The number of aromatic amines is 1. The Morgan fingerprint density at radius 1 is 1.28 bits per heavy atom. The number of nitrogens with two attached hydrogens (primary N) is 2. The first-order valence-electron chi connectivity index (χ1n) is 9.36. The molecular weight excluding hydrogens is 454 g/mol. The number of nitrogens with one attached hydrogen (secondary N) is 1. The molecule has 0 unspecified atom stereocenters. The van der Waals surface area contributed by atoms with E-state index >= 15 is 0 Å². The predicted octanol–water partition coefficient (Wildman–Crippen LogP) is -2.73. The number of hydrogen-bond acceptors (Lipinski definition) is 12. The van der Waals surface area contributed by atoms with E-state index in [-0.39, 0.29) is 17.0 Å². The summed E-state index contributed by atoms with van der Waals surface area (Å²) >= 11 is 0. The molecule has 32 heavy (non-hydrogen) atoms. The van der Waals surface area contributed by atoms with Crippen LogP contribution in [-0.4, -0.2) is 97.2 Å². The van der Waals surface area contributed by atoms with Crippen molar-refractivity contribution in [2.45, 2.75) is 37.4 Å². The monoisotopic (exact) mass is 481 g/mol. The van der Waals surface area contributed by atoms with Crippen molar-refractivity contribution in [1.82, 2.24) is 24.4 Å². The number of aliphatic hydroxyl groups is 2. The minimum atomic E-state index is -4.67. The molecule has 0 aliphatic carbocycles. The van der Waals surface area contributed by atoms with Gasteiger partial charge in [-0.15, -0.1) is 0 Å². The summed E-state index contributed by atoms with van der Waals surface area (Å²) in [6.07, 6.45) is -1.30. The molecule has 1 aliphatic rings. The minimum Gasteiger partial charge on any atom is -0.387 e. The van der Waals surface area contributed by atoms with Crippen molar-refractivity contribution in [3.8, 4) is 0 Å². The lowest BCUT2D eigenvalue weighted by Gasteiger charge is -2.22. The average molecular weight is 481 g/mol. The molecule has 0 bridgehead atoms. The van der Waals surface area contributed by atoms with Gasteiger partial charge in [0.2, 0.25) is 0 Å². The van der Waals surface area contributed by atoms with Gasteiger partial charge in [-0.05, 0) is 26.4 Å². The molecule has 4 atom stereocenters. The van der Waals surface area contributed by atoms with E-state index < -0.39 is 40.6 Å². The average Bonchev–Trinajstić information content (AvgIpc) is 3.16. The van der Waals surface area contributed by atoms with E-state index in [4.69, 9.17) is 33.9 Å². The molecule has 3 rings (SSSR count). The minimum absolute atomic E-state index is 0.113. The number of hydrogen-bond donors (Lipinski definition) is 7. The van der Waals surface area contributed by atoms with Gasteiger partial charge in [0.1, 0.15) is 30.2 Å². The van der Waals surface area contributed by atoms with Crippen LogP contribution in [0, 0.1) is 0 Å². The number of aliphatic hydroxyl groups excluding tert-OH is 2. The topological polar surface area (TPSA) is 252 Å². The fourth-order valence-electron chi connectivity index (χ4n) is 3.25. The van der Waals surface area contributed by atoms with Crippen molar-refractivity contribution in [1.29, 1.82) is 0 Å². The van der Waals surface area contributed by atoms with Gasteiger partial charge < -0.3 is 35.4 Å². The summed E-state index contributed by atoms with van der Waals surface area (Å²) < 4.78 is 38.5. The van der Waals surface area contributed by atoms with E-state index in [9.17, 15) is 15.0 Å². The molecule has 182 valence electrons. The number of H-pyrrole nitrogens is 1. The maximum atomic E-state index is 12.3. The van der Waals surface area contributed by atoms with E-state index in [0.29, 0.717) is 13.2 Å². The first kappa shape index (κ1) is 26.0. The van der Waals surface area contributed by atoms with E-state index in [1.165, 1.54) is 6.33 Å². The van der Waals surface area contributed by atoms with Gasteiger partial charge in [0.25, 0.3) is 0 Å². The number of imidazole rings is 1. The van der Waals surface area contributed by atoms with Gasteiger partial charge in [-0.3, -0.25) is 9.11 Å². The van der Waals surface area contributed by atoms with Gasteiger partial charge in [-0.1, -0.05) is 0 Å². The maximum Gasteiger partial charge on any atom is 0.394 e. The molecule has 0 aromatic carbocycles. The zero-order chi connectivity index (χ0) is 24.1. The van der Waals surface area contributed by atoms with Gasteiger partial charge in [-0.2, -0.15) is 8.42 Å². The number of anilines is 1. The molecule has 3 heterocycles. The highest BCUT2D eigenvalue weighted by atomic mass is 32.3. The van der Waals surface area contributed by atoms with Crippen LogP contribution in [0.2, 0.25) is 0 Å². The summed E-state index contributed by atoms with van der Waals surface area (Å²) in [5.41, 5.74) is 5.67. The molecule has 0 saturated carbocycles. The number of nitrogen functional groups attached to an aromatic ring is 1. The Labute approximate surface area is 182 Å². The number of nitrogens with zero attached hydrogens (tertiary/aromatic N) is 4. The van der Waals surface area contributed by atoms with E-state index in [1.54, 1.807) is 0 Å². The lowest BCUT2D eigenvalue weighted by atomic mass is 10.1. The molecule has 0 spiro atoms. The van der Waals surface area contributed by atoms with Gasteiger partial charge in [0, 0.05) is 6.54 Å².